The minimum Gasteiger partial charge on any atom is -0.497 e. The van der Waals surface area contributed by atoms with E-state index in [-0.39, 0.29) is 0 Å². The second kappa shape index (κ2) is 6.89. The lowest BCUT2D eigenvalue weighted by molar-refractivity contribution is 0.414. The molecule has 0 bridgehead atoms. The van der Waals surface area contributed by atoms with Gasteiger partial charge in [0, 0.05) is 17.3 Å². The summed E-state index contributed by atoms with van der Waals surface area (Å²) < 4.78 is 7.18. The van der Waals surface area contributed by atoms with Gasteiger partial charge in [-0.05, 0) is 36.8 Å². The highest BCUT2D eigenvalue weighted by atomic mass is 16.5. The van der Waals surface area contributed by atoms with E-state index < -0.39 is 0 Å². The molecule has 0 N–H and O–H groups in total. The van der Waals surface area contributed by atoms with Gasteiger partial charge in [-0.2, -0.15) is 5.10 Å². The van der Waals surface area contributed by atoms with Gasteiger partial charge in [0.2, 0.25) is 0 Å². The summed E-state index contributed by atoms with van der Waals surface area (Å²) in [7, 11) is 1.67. The Labute approximate surface area is 153 Å². The molecule has 128 valence electrons. The van der Waals surface area contributed by atoms with E-state index in [9.17, 15) is 0 Å². The van der Waals surface area contributed by atoms with Gasteiger partial charge in [0.15, 0.2) is 0 Å². The molecule has 0 fully saturated rings. The molecule has 4 rings (SSSR count). The van der Waals surface area contributed by atoms with Crippen LogP contribution in [0.25, 0.3) is 28.1 Å². The van der Waals surface area contributed by atoms with Crippen molar-refractivity contribution in [1.82, 2.24) is 9.78 Å². The lowest BCUT2D eigenvalue weighted by Crippen LogP contribution is -1.94. The fraction of sp³-hybridized carbons (Fsp3) is 0.0870. The second-order valence-electron chi connectivity index (χ2n) is 6.27. The van der Waals surface area contributed by atoms with Crippen LogP contribution in [0.3, 0.4) is 0 Å². The Morgan fingerprint density at radius 3 is 2.12 bits per heavy atom. The summed E-state index contributed by atoms with van der Waals surface area (Å²) in [4.78, 5) is 0. The van der Waals surface area contributed by atoms with Gasteiger partial charge in [0.1, 0.15) is 11.4 Å². The fourth-order valence-electron chi connectivity index (χ4n) is 2.99. The molecule has 1 heterocycles. The molecular formula is C23H20N2O. The summed E-state index contributed by atoms with van der Waals surface area (Å²) in [6, 6.07) is 26.8. The molecule has 0 unspecified atom stereocenters. The van der Waals surface area contributed by atoms with E-state index in [0.717, 1.165) is 33.8 Å². The lowest BCUT2D eigenvalue weighted by atomic mass is 10.0. The maximum Gasteiger partial charge on any atom is 0.119 e. The number of aryl methyl sites for hydroxylation is 1. The van der Waals surface area contributed by atoms with Crippen molar-refractivity contribution in [2.75, 3.05) is 7.11 Å². The van der Waals surface area contributed by atoms with Crippen molar-refractivity contribution in [3.05, 3.63) is 90.6 Å². The highest BCUT2D eigenvalue weighted by Crippen LogP contribution is 2.32. The molecule has 0 aliphatic rings. The lowest BCUT2D eigenvalue weighted by Gasteiger charge is -2.03. The van der Waals surface area contributed by atoms with Crippen molar-refractivity contribution in [3.63, 3.8) is 0 Å². The van der Waals surface area contributed by atoms with Crippen LogP contribution in [0.4, 0.5) is 0 Å². The van der Waals surface area contributed by atoms with Crippen LogP contribution >= 0.6 is 0 Å². The number of methoxy groups -OCH3 is 1. The molecule has 0 radical (unpaired) electrons. The molecular weight excluding hydrogens is 320 g/mol. The summed E-state index contributed by atoms with van der Waals surface area (Å²) in [6.45, 7) is 2.10. The zero-order chi connectivity index (χ0) is 17.9. The molecule has 0 saturated heterocycles. The molecule has 0 atom stereocenters. The number of hydrogen-bond acceptors (Lipinski definition) is 2. The highest BCUT2D eigenvalue weighted by Gasteiger charge is 2.14. The monoisotopic (exact) mass is 340 g/mol. The summed E-state index contributed by atoms with van der Waals surface area (Å²) in [6.07, 6.45) is 2.09. The first kappa shape index (κ1) is 16.2. The maximum atomic E-state index is 5.25. The Bertz CT molecular complexity index is 1000. The molecule has 0 spiro atoms. The van der Waals surface area contributed by atoms with Crippen LogP contribution < -0.4 is 4.74 Å². The van der Waals surface area contributed by atoms with Crippen LogP contribution in [0.1, 0.15) is 5.56 Å². The molecule has 0 saturated carbocycles. The van der Waals surface area contributed by atoms with Gasteiger partial charge in [-0.25, -0.2) is 4.68 Å². The predicted octanol–water partition coefficient (Wildman–Crippen LogP) is 5.52. The van der Waals surface area contributed by atoms with E-state index in [2.05, 4.69) is 49.5 Å². The standard InChI is InChI=1S/C23H20N2O/c1-17-8-10-18(11-9-17)22-16-25(20-12-14-21(26-2)15-13-20)24-23(22)19-6-4-3-5-7-19/h3-16H,1-2H3. The van der Waals surface area contributed by atoms with Crippen LogP contribution in [0.15, 0.2) is 85.1 Å². The van der Waals surface area contributed by atoms with Crippen LogP contribution in [0, 0.1) is 6.92 Å². The highest BCUT2D eigenvalue weighted by molar-refractivity contribution is 5.80. The van der Waals surface area contributed by atoms with Crippen LogP contribution in [0.2, 0.25) is 0 Å². The van der Waals surface area contributed by atoms with Gasteiger partial charge >= 0.3 is 0 Å². The van der Waals surface area contributed by atoms with Crippen molar-refractivity contribution in [1.29, 1.82) is 0 Å². The number of ether oxygens (including phenoxy) is 1. The minimum atomic E-state index is 0.836. The first-order valence-corrected chi connectivity index (χ1v) is 8.61. The van der Waals surface area contributed by atoms with Crippen molar-refractivity contribution in [2.45, 2.75) is 6.92 Å². The van der Waals surface area contributed by atoms with E-state index in [4.69, 9.17) is 9.84 Å². The Hall–Kier alpha value is -3.33. The number of nitrogens with zero attached hydrogens (tertiary/aromatic N) is 2. The smallest absolute Gasteiger partial charge is 0.119 e. The SMILES string of the molecule is COc1ccc(-n2cc(-c3ccc(C)cc3)c(-c3ccccc3)n2)cc1. The molecule has 4 aromatic rings. The van der Waals surface area contributed by atoms with Gasteiger partial charge in [-0.15, -0.1) is 0 Å². The topological polar surface area (TPSA) is 27.1 Å². The zero-order valence-electron chi connectivity index (χ0n) is 14.9. The zero-order valence-corrected chi connectivity index (χ0v) is 14.9. The molecule has 0 amide bonds. The van der Waals surface area contributed by atoms with Gasteiger partial charge < -0.3 is 4.74 Å². The quantitative estimate of drug-likeness (QED) is 0.489. The van der Waals surface area contributed by atoms with Crippen molar-refractivity contribution >= 4 is 0 Å². The maximum absolute atomic E-state index is 5.25. The Balaban J connectivity index is 1.85. The fourth-order valence-corrected chi connectivity index (χ4v) is 2.99. The molecule has 1 aromatic heterocycles. The van der Waals surface area contributed by atoms with Gasteiger partial charge in [0.05, 0.1) is 12.8 Å². The van der Waals surface area contributed by atoms with Crippen LogP contribution in [0.5, 0.6) is 5.75 Å². The number of benzene rings is 3. The summed E-state index contributed by atoms with van der Waals surface area (Å²) in [5.74, 6) is 0.836. The number of aromatic nitrogens is 2. The number of hydrogen-bond donors (Lipinski definition) is 0. The largest absolute Gasteiger partial charge is 0.497 e. The van der Waals surface area contributed by atoms with Crippen molar-refractivity contribution < 1.29 is 4.74 Å². The molecule has 3 aromatic carbocycles. The molecule has 3 nitrogen and oxygen atoms in total. The summed E-state index contributed by atoms with van der Waals surface area (Å²) in [5, 5.41) is 4.88. The molecule has 0 aliphatic heterocycles. The third kappa shape index (κ3) is 3.11. The predicted molar refractivity (Wildman–Crippen MR) is 106 cm³/mol. The third-order valence-electron chi connectivity index (χ3n) is 4.46. The summed E-state index contributed by atoms with van der Waals surface area (Å²) >= 11 is 0. The normalized spacial score (nSPS) is 10.7. The summed E-state index contributed by atoms with van der Waals surface area (Å²) in [5.41, 5.74) is 6.61. The first-order valence-electron chi connectivity index (χ1n) is 8.61. The van der Waals surface area contributed by atoms with Crippen molar-refractivity contribution in [2.24, 2.45) is 0 Å². The number of rotatable bonds is 4. The van der Waals surface area contributed by atoms with Gasteiger partial charge in [-0.3, -0.25) is 0 Å². The van der Waals surface area contributed by atoms with E-state index in [1.165, 1.54) is 5.56 Å². The molecule has 26 heavy (non-hydrogen) atoms. The Kier molecular flexibility index (Phi) is 4.28. The first-order chi connectivity index (χ1) is 12.7. The van der Waals surface area contributed by atoms with Crippen LogP contribution in [-0.4, -0.2) is 16.9 Å². The van der Waals surface area contributed by atoms with Crippen molar-refractivity contribution in [3.8, 4) is 33.8 Å². The Morgan fingerprint density at radius 2 is 1.46 bits per heavy atom. The Morgan fingerprint density at radius 1 is 0.769 bits per heavy atom. The molecule has 3 heteroatoms. The average molecular weight is 340 g/mol. The average Bonchev–Trinajstić information content (AvgIpc) is 3.15. The second-order valence-corrected chi connectivity index (χ2v) is 6.27. The minimum absolute atomic E-state index is 0.836. The van der Waals surface area contributed by atoms with E-state index >= 15 is 0 Å². The molecule has 0 aliphatic carbocycles. The van der Waals surface area contributed by atoms with Gasteiger partial charge in [0.25, 0.3) is 0 Å². The van der Waals surface area contributed by atoms with E-state index in [1.54, 1.807) is 7.11 Å². The third-order valence-corrected chi connectivity index (χ3v) is 4.46. The van der Waals surface area contributed by atoms with E-state index in [1.807, 2.05) is 47.1 Å². The van der Waals surface area contributed by atoms with E-state index in [0.29, 0.717) is 0 Å². The van der Waals surface area contributed by atoms with Crippen LogP contribution in [-0.2, 0) is 0 Å². The van der Waals surface area contributed by atoms with Gasteiger partial charge in [-0.1, -0.05) is 60.2 Å².